The molecule has 0 heterocycles. The molecule has 0 radical (unpaired) electrons. The van der Waals surface area contributed by atoms with Crippen molar-refractivity contribution in [1.82, 2.24) is 0 Å². The minimum Gasteiger partial charge on any atom is -0.207 e. The van der Waals surface area contributed by atoms with Gasteiger partial charge in [-0.2, -0.15) is 0 Å². The Morgan fingerprint density at radius 1 is 1.43 bits per heavy atom. The van der Waals surface area contributed by atoms with E-state index in [9.17, 15) is 4.39 Å². The van der Waals surface area contributed by atoms with Crippen LogP contribution in [-0.4, -0.2) is 0 Å². The number of rotatable bonds is 1. The predicted molar refractivity (Wildman–Crippen MR) is 60.0 cm³/mol. The third kappa shape index (κ3) is 1.60. The molecular formula is C12H14BrF. The third-order valence-electron chi connectivity index (χ3n) is 3.10. The first-order valence-electron chi connectivity index (χ1n) is 5.07. The van der Waals surface area contributed by atoms with Crippen LogP contribution >= 0.6 is 15.9 Å². The molecule has 14 heavy (non-hydrogen) atoms. The van der Waals surface area contributed by atoms with Crippen molar-refractivity contribution in [1.29, 1.82) is 0 Å². The maximum atomic E-state index is 13.6. The second-order valence-electron chi connectivity index (χ2n) is 4.34. The molecule has 0 saturated heterocycles. The normalized spacial score (nSPS) is 20.2. The third-order valence-corrected chi connectivity index (χ3v) is 3.56. The van der Waals surface area contributed by atoms with E-state index in [0.717, 1.165) is 22.9 Å². The van der Waals surface area contributed by atoms with Gasteiger partial charge in [-0.3, -0.25) is 0 Å². The Morgan fingerprint density at radius 3 is 2.79 bits per heavy atom. The maximum absolute atomic E-state index is 13.6. The molecule has 2 heteroatoms. The van der Waals surface area contributed by atoms with E-state index >= 15 is 0 Å². The zero-order valence-corrected chi connectivity index (χ0v) is 10.1. The number of hydrogen-bond donors (Lipinski definition) is 0. The van der Waals surface area contributed by atoms with Crippen LogP contribution in [0.1, 0.15) is 37.3 Å². The molecular weight excluding hydrogens is 243 g/mol. The van der Waals surface area contributed by atoms with Crippen molar-refractivity contribution in [2.24, 2.45) is 5.92 Å². The summed E-state index contributed by atoms with van der Waals surface area (Å²) in [6.45, 7) is 4.41. The highest BCUT2D eigenvalue weighted by Crippen LogP contribution is 2.40. The Hall–Kier alpha value is -0.370. The second kappa shape index (κ2) is 3.65. The first kappa shape index (κ1) is 10.2. The van der Waals surface area contributed by atoms with Crippen LogP contribution in [0.5, 0.6) is 0 Å². The molecule has 0 aromatic heterocycles. The van der Waals surface area contributed by atoms with Crippen LogP contribution in [0.4, 0.5) is 4.39 Å². The van der Waals surface area contributed by atoms with Gasteiger partial charge >= 0.3 is 0 Å². The van der Waals surface area contributed by atoms with E-state index in [4.69, 9.17) is 0 Å². The van der Waals surface area contributed by atoms with Gasteiger partial charge in [-0.05, 0) is 47.9 Å². The molecule has 1 aliphatic carbocycles. The summed E-state index contributed by atoms with van der Waals surface area (Å²) in [5.41, 5.74) is 2.15. The Balaban J connectivity index is 2.49. The van der Waals surface area contributed by atoms with Gasteiger partial charge in [0.25, 0.3) is 0 Å². The van der Waals surface area contributed by atoms with Crippen LogP contribution in [0.3, 0.4) is 0 Å². The van der Waals surface area contributed by atoms with Gasteiger partial charge in [-0.15, -0.1) is 0 Å². The largest absolute Gasteiger partial charge is 0.207 e. The van der Waals surface area contributed by atoms with Crippen LogP contribution in [0, 0.1) is 11.7 Å². The van der Waals surface area contributed by atoms with E-state index in [2.05, 4.69) is 35.8 Å². The predicted octanol–water partition coefficient (Wildman–Crippen LogP) is 4.27. The van der Waals surface area contributed by atoms with E-state index < -0.39 is 0 Å². The summed E-state index contributed by atoms with van der Waals surface area (Å²) in [6.07, 6.45) is 2.00. The van der Waals surface area contributed by atoms with Gasteiger partial charge in [-0.25, -0.2) is 4.39 Å². The van der Waals surface area contributed by atoms with Crippen molar-refractivity contribution in [3.63, 3.8) is 0 Å². The molecule has 0 bridgehead atoms. The molecule has 0 aliphatic heterocycles. The number of benzene rings is 1. The highest BCUT2D eigenvalue weighted by Gasteiger charge is 2.27. The summed E-state index contributed by atoms with van der Waals surface area (Å²) in [4.78, 5) is 0. The smallest absolute Gasteiger partial charge is 0.127 e. The quantitative estimate of drug-likeness (QED) is 0.704. The van der Waals surface area contributed by atoms with Gasteiger partial charge in [0.05, 0.1) is 0 Å². The average Bonchev–Trinajstić information content (AvgIpc) is 2.47. The van der Waals surface area contributed by atoms with Crippen molar-refractivity contribution in [3.05, 3.63) is 33.5 Å². The van der Waals surface area contributed by atoms with E-state index in [1.165, 1.54) is 5.56 Å². The zero-order valence-electron chi connectivity index (χ0n) is 8.48. The number of halogens is 2. The molecule has 0 amide bonds. The molecule has 0 spiro atoms. The molecule has 1 aliphatic rings. The molecule has 1 aromatic rings. The van der Waals surface area contributed by atoms with E-state index in [0.29, 0.717) is 11.8 Å². The Morgan fingerprint density at radius 2 is 2.14 bits per heavy atom. The fourth-order valence-corrected chi connectivity index (χ4v) is 2.81. The SMILES string of the molecule is CC(C)C1CCc2c(F)cc(Br)cc21. The van der Waals surface area contributed by atoms with Gasteiger partial charge in [-0.1, -0.05) is 29.8 Å². The summed E-state index contributed by atoms with van der Waals surface area (Å²) >= 11 is 3.35. The molecule has 0 nitrogen and oxygen atoms in total. The molecule has 2 rings (SSSR count). The van der Waals surface area contributed by atoms with Crippen LogP contribution < -0.4 is 0 Å². The van der Waals surface area contributed by atoms with Crippen LogP contribution in [0.25, 0.3) is 0 Å². The number of fused-ring (bicyclic) bond motifs is 1. The first-order chi connectivity index (χ1) is 6.59. The zero-order chi connectivity index (χ0) is 10.3. The summed E-state index contributed by atoms with van der Waals surface area (Å²) in [5.74, 6) is 1.10. The van der Waals surface area contributed by atoms with E-state index in [1.807, 2.05) is 0 Å². The first-order valence-corrected chi connectivity index (χ1v) is 5.86. The van der Waals surface area contributed by atoms with Crippen molar-refractivity contribution in [3.8, 4) is 0 Å². The minimum atomic E-state index is -0.0440. The van der Waals surface area contributed by atoms with E-state index in [-0.39, 0.29) is 5.82 Å². The van der Waals surface area contributed by atoms with E-state index in [1.54, 1.807) is 6.07 Å². The van der Waals surface area contributed by atoms with Gasteiger partial charge in [0.2, 0.25) is 0 Å². The molecule has 1 atom stereocenters. The topological polar surface area (TPSA) is 0 Å². The lowest BCUT2D eigenvalue weighted by atomic mass is 9.90. The van der Waals surface area contributed by atoms with Gasteiger partial charge < -0.3 is 0 Å². The summed E-state index contributed by atoms with van der Waals surface area (Å²) in [6, 6.07) is 3.65. The Bertz CT molecular complexity index is 358. The van der Waals surface area contributed by atoms with Crippen LogP contribution in [0.2, 0.25) is 0 Å². The summed E-state index contributed by atoms with van der Waals surface area (Å²) in [5, 5.41) is 0. The molecule has 0 fully saturated rings. The molecule has 0 saturated carbocycles. The van der Waals surface area contributed by atoms with Crippen molar-refractivity contribution < 1.29 is 4.39 Å². The lowest BCUT2D eigenvalue weighted by molar-refractivity contribution is 0.495. The molecule has 0 N–H and O–H groups in total. The van der Waals surface area contributed by atoms with Crippen molar-refractivity contribution >= 4 is 15.9 Å². The van der Waals surface area contributed by atoms with Crippen LogP contribution in [-0.2, 0) is 6.42 Å². The average molecular weight is 257 g/mol. The summed E-state index contributed by atoms with van der Waals surface area (Å²) < 4.78 is 14.4. The molecule has 1 unspecified atom stereocenters. The Labute approximate surface area is 92.6 Å². The summed E-state index contributed by atoms with van der Waals surface area (Å²) in [7, 11) is 0. The fraction of sp³-hybridized carbons (Fsp3) is 0.500. The molecule has 76 valence electrons. The van der Waals surface area contributed by atoms with Gasteiger partial charge in [0.1, 0.15) is 5.82 Å². The van der Waals surface area contributed by atoms with Gasteiger partial charge in [0, 0.05) is 4.47 Å². The monoisotopic (exact) mass is 256 g/mol. The highest BCUT2D eigenvalue weighted by atomic mass is 79.9. The fourth-order valence-electron chi connectivity index (χ4n) is 2.37. The minimum absolute atomic E-state index is 0.0440. The van der Waals surface area contributed by atoms with Crippen LogP contribution in [0.15, 0.2) is 16.6 Å². The second-order valence-corrected chi connectivity index (χ2v) is 5.26. The highest BCUT2D eigenvalue weighted by molar-refractivity contribution is 9.10. The maximum Gasteiger partial charge on any atom is 0.127 e. The molecule has 1 aromatic carbocycles. The standard InChI is InChI=1S/C12H14BrF/c1-7(2)9-3-4-10-11(9)5-8(13)6-12(10)14/h5-7,9H,3-4H2,1-2H3. The number of hydrogen-bond acceptors (Lipinski definition) is 0. The van der Waals surface area contributed by atoms with Crippen molar-refractivity contribution in [2.45, 2.75) is 32.6 Å². The lowest BCUT2D eigenvalue weighted by Gasteiger charge is -2.15. The van der Waals surface area contributed by atoms with Crippen molar-refractivity contribution in [2.75, 3.05) is 0 Å². The Kier molecular flexibility index (Phi) is 2.65. The van der Waals surface area contributed by atoms with Gasteiger partial charge in [0.15, 0.2) is 0 Å². The lowest BCUT2D eigenvalue weighted by Crippen LogP contribution is -2.02.